The van der Waals surface area contributed by atoms with Crippen molar-refractivity contribution in [1.29, 1.82) is 0 Å². The first-order valence-corrected chi connectivity index (χ1v) is 10.8. The Hall–Kier alpha value is -2.74. The van der Waals surface area contributed by atoms with Crippen molar-refractivity contribution in [1.82, 2.24) is 10.2 Å². The smallest absolute Gasteiger partial charge is 0.497 e. The van der Waals surface area contributed by atoms with Gasteiger partial charge >= 0.3 is 6.36 Å². The molecule has 0 saturated carbocycles. The quantitative estimate of drug-likeness (QED) is 0.609. The summed E-state index contributed by atoms with van der Waals surface area (Å²) in [4.78, 5) is 14.6. The Balaban J connectivity index is 1.36. The monoisotopic (exact) mass is 450 g/mol. The number of nitrogens with one attached hydrogen (secondary N) is 1. The van der Waals surface area contributed by atoms with E-state index in [4.69, 9.17) is 4.74 Å². The van der Waals surface area contributed by atoms with E-state index >= 15 is 0 Å². The maximum absolute atomic E-state index is 12.5. The summed E-state index contributed by atoms with van der Waals surface area (Å²) in [5, 5.41) is 2.93. The zero-order valence-electron chi connectivity index (χ0n) is 18.2. The lowest BCUT2D eigenvalue weighted by molar-refractivity contribution is -0.274. The Morgan fingerprint density at radius 2 is 1.78 bits per heavy atom. The molecule has 0 aromatic heterocycles. The van der Waals surface area contributed by atoms with E-state index in [1.165, 1.54) is 17.7 Å². The number of carbonyl (C=O) groups excluding carboxylic acids is 1. The van der Waals surface area contributed by atoms with Crippen molar-refractivity contribution in [2.75, 3.05) is 26.7 Å². The van der Waals surface area contributed by atoms with Crippen LogP contribution in [0, 0.1) is 5.92 Å². The number of hydrogen-bond donors (Lipinski definition) is 1. The van der Waals surface area contributed by atoms with Crippen LogP contribution in [0.25, 0.3) is 0 Å². The number of likely N-dealkylation sites (tertiary alicyclic amines) is 1. The number of hydrogen-bond acceptors (Lipinski definition) is 4. The predicted octanol–water partition coefficient (Wildman–Crippen LogP) is 4.55. The number of ether oxygens (including phenoxy) is 2. The largest absolute Gasteiger partial charge is 0.573 e. The van der Waals surface area contributed by atoms with E-state index in [-0.39, 0.29) is 24.5 Å². The highest BCUT2D eigenvalue weighted by molar-refractivity contribution is 5.76. The molecule has 2 aromatic rings. The van der Waals surface area contributed by atoms with Crippen LogP contribution in [0.4, 0.5) is 13.2 Å². The number of benzene rings is 2. The minimum atomic E-state index is -4.75. The normalized spacial score (nSPS) is 15.4. The molecule has 1 aliphatic heterocycles. The molecule has 174 valence electrons. The van der Waals surface area contributed by atoms with Gasteiger partial charge in [-0.1, -0.05) is 30.3 Å². The second kappa shape index (κ2) is 11.2. The molecule has 0 unspecified atom stereocenters. The van der Waals surface area contributed by atoms with Gasteiger partial charge in [0.1, 0.15) is 11.5 Å². The van der Waals surface area contributed by atoms with Gasteiger partial charge in [-0.3, -0.25) is 9.69 Å². The Morgan fingerprint density at radius 3 is 2.44 bits per heavy atom. The molecule has 0 atom stereocenters. The van der Waals surface area contributed by atoms with Gasteiger partial charge in [0.25, 0.3) is 0 Å². The molecular weight excluding hydrogens is 421 g/mol. The minimum Gasteiger partial charge on any atom is -0.497 e. The number of methoxy groups -OCH3 is 1. The molecule has 2 aromatic carbocycles. The lowest BCUT2D eigenvalue weighted by Crippen LogP contribution is -2.38. The number of carbonyl (C=O) groups is 1. The van der Waals surface area contributed by atoms with Crippen molar-refractivity contribution >= 4 is 5.91 Å². The average Bonchev–Trinajstić information content (AvgIpc) is 2.77. The molecule has 0 bridgehead atoms. The predicted molar refractivity (Wildman–Crippen MR) is 115 cm³/mol. The average molecular weight is 451 g/mol. The Morgan fingerprint density at radius 1 is 1.09 bits per heavy atom. The molecule has 3 rings (SSSR count). The van der Waals surface area contributed by atoms with E-state index in [1.54, 1.807) is 19.2 Å². The summed E-state index contributed by atoms with van der Waals surface area (Å²) in [6, 6.07) is 14.0. The van der Waals surface area contributed by atoms with Gasteiger partial charge in [0.05, 0.1) is 7.11 Å². The van der Waals surface area contributed by atoms with Crippen molar-refractivity contribution in [3.05, 3.63) is 59.7 Å². The Bertz CT molecular complexity index is 864. The standard InChI is InChI=1S/C24H29F3N2O3/c1-31-21-9-6-19(7-10-21)17-29-14-12-18(13-15-29)16-28-23(30)11-8-20-4-2-3-5-22(20)32-24(25,26)27/h2-7,9-10,18H,8,11-17H2,1H3,(H,28,30). The second-order valence-electron chi connectivity index (χ2n) is 8.03. The maximum Gasteiger partial charge on any atom is 0.573 e. The molecule has 1 heterocycles. The van der Waals surface area contributed by atoms with E-state index in [9.17, 15) is 18.0 Å². The topological polar surface area (TPSA) is 50.8 Å². The van der Waals surface area contributed by atoms with Crippen LogP contribution in [0.1, 0.15) is 30.4 Å². The van der Waals surface area contributed by atoms with Crippen LogP contribution in [0.15, 0.2) is 48.5 Å². The van der Waals surface area contributed by atoms with Crippen LogP contribution in [-0.2, 0) is 17.8 Å². The molecule has 1 N–H and O–H groups in total. The Labute approximate surface area is 186 Å². The number of aryl methyl sites for hydroxylation is 1. The SMILES string of the molecule is COc1ccc(CN2CCC(CNC(=O)CCc3ccccc3OC(F)(F)F)CC2)cc1. The molecule has 0 radical (unpaired) electrons. The molecule has 1 aliphatic rings. The summed E-state index contributed by atoms with van der Waals surface area (Å²) < 4.78 is 46.8. The lowest BCUT2D eigenvalue weighted by Gasteiger charge is -2.32. The van der Waals surface area contributed by atoms with Gasteiger partial charge in [0, 0.05) is 19.5 Å². The highest BCUT2D eigenvalue weighted by Gasteiger charge is 2.32. The lowest BCUT2D eigenvalue weighted by atomic mass is 9.96. The van der Waals surface area contributed by atoms with Crippen LogP contribution in [0.2, 0.25) is 0 Å². The van der Waals surface area contributed by atoms with Crippen molar-refractivity contribution in [3.8, 4) is 11.5 Å². The number of halogens is 3. The molecular formula is C24H29F3N2O3. The summed E-state index contributed by atoms with van der Waals surface area (Å²) in [5.74, 6) is 0.844. The highest BCUT2D eigenvalue weighted by Crippen LogP contribution is 2.27. The summed E-state index contributed by atoms with van der Waals surface area (Å²) in [7, 11) is 1.65. The van der Waals surface area contributed by atoms with Gasteiger partial charge in [0.2, 0.25) is 5.91 Å². The van der Waals surface area contributed by atoms with Gasteiger partial charge in [-0.15, -0.1) is 13.2 Å². The minimum absolute atomic E-state index is 0.120. The summed E-state index contributed by atoms with van der Waals surface area (Å²) in [6.45, 7) is 3.42. The van der Waals surface area contributed by atoms with Gasteiger partial charge in [-0.25, -0.2) is 0 Å². The van der Waals surface area contributed by atoms with E-state index < -0.39 is 6.36 Å². The first-order chi connectivity index (χ1) is 15.3. The number of rotatable bonds is 9. The van der Waals surface area contributed by atoms with Crippen LogP contribution in [0.5, 0.6) is 11.5 Å². The maximum atomic E-state index is 12.5. The molecule has 8 heteroatoms. The van der Waals surface area contributed by atoms with Gasteiger partial charge in [0.15, 0.2) is 0 Å². The third kappa shape index (κ3) is 7.75. The summed E-state index contributed by atoms with van der Waals surface area (Å²) >= 11 is 0. The Kier molecular flexibility index (Phi) is 8.39. The molecule has 0 aliphatic carbocycles. The number of alkyl halides is 3. The van der Waals surface area contributed by atoms with Crippen LogP contribution in [-0.4, -0.2) is 43.9 Å². The fraction of sp³-hybridized carbons (Fsp3) is 0.458. The van der Waals surface area contributed by atoms with Crippen molar-refractivity contribution in [3.63, 3.8) is 0 Å². The third-order valence-electron chi connectivity index (χ3n) is 5.68. The fourth-order valence-corrected chi connectivity index (χ4v) is 3.87. The molecule has 1 amide bonds. The first kappa shape index (κ1) is 23.9. The number of piperidine rings is 1. The van der Waals surface area contributed by atoms with Crippen molar-refractivity contribution < 1.29 is 27.4 Å². The molecule has 32 heavy (non-hydrogen) atoms. The number of para-hydroxylation sites is 1. The zero-order chi connectivity index (χ0) is 23.0. The van der Waals surface area contributed by atoms with Gasteiger partial charge in [-0.05, 0) is 67.6 Å². The van der Waals surface area contributed by atoms with Crippen molar-refractivity contribution in [2.45, 2.75) is 38.6 Å². The van der Waals surface area contributed by atoms with Crippen molar-refractivity contribution in [2.24, 2.45) is 5.92 Å². The molecule has 1 saturated heterocycles. The second-order valence-corrected chi connectivity index (χ2v) is 8.03. The van der Waals surface area contributed by atoms with Crippen LogP contribution in [0.3, 0.4) is 0 Å². The third-order valence-corrected chi connectivity index (χ3v) is 5.68. The number of nitrogens with zero attached hydrogens (tertiary/aromatic N) is 1. The number of amides is 1. The molecule has 5 nitrogen and oxygen atoms in total. The summed E-state index contributed by atoms with van der Waals surface area (Å²) in [6.07, 6.45) is -2.44. The van der Waals surface area contributed by atoms with Crippen LogP contribution >= 0.6 is 0 Å². The van der Waals surface area contributed by atoms with Gasteiger partial charge in [-0.2, -0.15) is 0 Å². The van der Waals surface area contributed by atoms with E-state index in [1.807, 2.05) is 12.1 Å². The summed E-state index contributed by atoms with van der Waals surface area (Å²) in [5.41, 5.74) is 1.61. The van der Waals surface area contributed by atoms with E-state index in [2.05, 4.69) is 27.1 Å². The van der Waals surface area contributed by atoms with Gasteiger partial charge < -0.3 is 14.8 Å². The first-order valence-electron chi connectivity index (χ1n) is 10.8. The van der Waals surface area contributed by atoms with E-state index in [0.717, 1.165) is 38.2 Å². The molecule has 1 fully saturated rings. The highest BCUT2D eigenvalue weighted by atomic mass is 19.4. The van der Waals surface area contributed by atoms with E-state index in [0.29, 0.717) is 18.0 Å². The van der Waals surface area contributed by atoms with Crippen LogP contribution < -0.4 is 14.8 Å². The molecule has 0 spiro atoms. The zero-order valence-corrected chi connectivity index (χ0v) is 18.2. The fourth-order valence-electron chi connectivity index (χ4n) is 3.87.